The number of rotatable bonds is 4. The van der Waals surface area contributed by atoms with E-state index in [2.05, 4.69) is 30.4 Å². The Balaban J connectivity index is 1.81. The monoisotopic (exact) mass is 321 g/mol. The normalized spacial score (nSPS) is 19.1. The molecule has 0 saturated carbocycles. The first-order chi connectivity index (χ1) is 10.2. The third-order valence-electron chi connectivity index (χ3n) is 4.14. The molecule has 0 fully saturated rings. The second-order valence-corrected chi connectivity index (χ2v) is 7.27. The largest absolute Gasteiger partial charge is 0.496 e. The van der Waals surface area contributed by atoms with Crippen molar-refractivity contribution in [2.24, 2.45) is 0 Å². The first-order valence-electron chi connectivity index (χ1n) is 7.36. The molecule has 3 rings (SSSR count). The van der Waals surface area contributed by atoms with Crippen LogP contribution in [0.1, 0.15) is 47.9 Å². The molecule has 112 valence electrons. The van der Waals surface area contributed by atoms with E-state index in [1.165, 1.54) is 28.8 Å². The van der Waals surface area contributed by atoms with Gasteiger partial charge in [-0.3, -0.25) is 0 Å². The molecule has 1 aromatic carbocycles. The molecular weight excluding hydrogens is 302 g/mol. The number of para-hydroxylation sites is 1. The lowest BCUT2D eigenvalue weighted by Gasteiger charge is -2.28. The van der Waals surface area contributed by atoms with Gasteiger partial charge in [0.15, 0.2) is 0 Å². The minimum atomic E-state index is 0.246. The topological polar surface area (TPSA) is 21.3 Å². The highest BCUT2D eigenvalue weighted by atomic mass is 35.5. The lowest BCUT2D eigenvalue weighted by atomic mass is 9.92. The maximum Gasteiger partial charge on any atom is 0.123 e. The number of fused-ring (bicyclic) bond motifs is 1. The number of hydrogen-bond acceptors (Lipinski definition) is 3. The fourth-order valence-corrected chi connectivity index (χ4v) is 4.49. The molecule has 0 aliphatic heterocycles. The van der Waals surface area contributed by atoms with Crippen molar-refractivity contribution in [2.45, 2.75) is 38.3 Å². The molecule has 21 heavy (non-hydrogen) atoms. The third kappa shape index (κ3) is 3.10. The van der Waals surface area contributed by atoms with Crippen molar-refractivity contribution in [3.63, 3.8) is 0 Å². The lowest BCUT2D eigenvalue weighted by Crippen LogP contribution is -2.27. The van der Waals surface area contributed by atoms with Gasteiger partial charge in [-0.15, -0.1) is 11.3 Å². The summed E-state index contributed by atoms with van der Waals surface area (Å²) in [4.78, 5) is 1.44. The van der Waals surface area contributed by atoms with Crippen LogP contribution in [0.25, 0.3) is 0 Å². The average molecular weight is 322 g/mol. The number of aryl methyl sites for hydroxylation is 1. The Morgan fingerprint density at radius 2 is 2.19 bits per heavy atom. The van der Waals surface area contributed by atoms with Gasteiger partial charge in [-0.05, 0) is 43.9 Å². The van der Waals surface area contributed by atoms with E-state index in [1.54, 1.807) is 18.4 Å². The standard InChI is InChI=1S/C17H20ClNOS/c1-11(12-6-3-4-8-15(12)20-2)19-14-7-5-9-16-13(14)10-17(18)21-16/h3-4,6,8,10-11,14,19H,5,7,9H2,1-2H3/t11-,14?/m0/s1. The second kappa shape index (κ2) is 6.39. The Morgan fingerprint density at radius 3 is 3.00 bits per heavy atom. The molecule has 1 aromatic heterocycles. The van der Waals surface area contributed by atoms with E-state index in [9.17, 15) is 0 Å². The van der Waals surface area contributed by atoms with Gasteiger partial charge in [0.1, 0.15) is 5.75 Å². The predicted molar refractivity (Wildman–Crippen MR) is 89.6 cm³/mol. The molecule has 0 bridgehead atoms. The molecule has 2 nitrogen and oxygen atoms in total. The molecule has 0 saturated heterocycles. The van der Waals surface area contributed by atoms with Crippen LogP contribution in [0.4, 0.5) is 0 Å². The second-order valence-electron chi connectivity index (χ2n) is 5.50. The zero-order valence-corrected chi connectivity index (χ0v) is 13.9. The highest BCUT2D eigenvalue weighted by molar-refractivity contribution is 7.16. The van der Waals surface area contributed by atoms with Crippen LogP contribution >= 0.6 is 22.9 Å². The number of hydrogen-bond donors (Lipinski definition) is 1. The number of thiophene rings is 1. The lowest BCUT2D eigenvalue weighted by molar-refractivity contribution is 0.383. The molecule has 1 aliphatic rings. The maximum absolute atomic E-state index is 6.19. The summed E-state index contributed by atoms with van der Waals surface area (Å²) in [6.45, 7) is 2.19. The minimum absolute atomic E-state index is 0.246. The predicted octanol–water partition coefficient (Wildman–Crippen LogP) is 5.14. The Kier molecular flexibility index (Phi) is 4.53. The van der Waals surface area contributed by atoms with Crippen molar-refractivity contribution < 1.29 is 4.74 Å². The van der Waals surface area contributed by atoms with Gasteiger partial charge in [0.05, 0.1) is 11.4 Å². The number of methoxy groups -OCH3 is 1. The smallest absolute Gasteiger partial charge is 0.123 e. The highest BCUT2D eigenvalue weighted by Gasteiger charge is 2.24. The van der Waals surface area contributed by atoms with Gasteiger partial charge in [0.25, 0.3) is 0 Å². The van der Waals surface area contributed by atoms with Gasteiger partial charge in [0, 0.05) is 22.5 Å². The summed E-state index contributed by atoms with van der Waals surface area (Å²) >= 11 is 7.91. The average Bonchev–Trinajstić information content (AvgIpc) is 2.88. The van der Waals surface area contributed by atoms with E-state index >= 15 is 0 Å². The van der Waals surface area contributed by atoms with Crippen LogP contribution in [0, 0.1) is 0 Å². The Bertz CT molecular complexity index is 625. The highest BCUT2D eigenvalue weighted by Crippen LogP contribution is 2.39. The third-order valence-corrected chi connectivity index (χ3v) is 5.48. The number of nitrogens with one attached hydrogen (secondary N) is 1. The van der Waals surface area contributed by atoms with Crippen LogP contribution < -0.4 is 10.1 Å². The van der Waals surface area contributed by atoms with Gasteiger partial charge in [-0.25, -0.2) is 0 Å². The van der Waals surface area contributed by atoms with E-state index < -0.39 is 0 Å². The van der Waals surface area contributed by atoms with E-state index in [1.807, 2.05) is 12.1 Å². The summed E-state index contributed by atoms with van der Waals surface area (Å²) in [6, 6.07) is 11.0. The van der Waals surface area contributed by atoms with Gasteiger partial charge in [0.2, 0.25) is 0 Å². The van der Waals surface area contributed by atoms with Crippen LogP contribution in [0.3, 0.4) is 0 Å². The summed E-state index contributed by atoms with van der Waals surface area (Å²) in [5, 5.41) is 3.75. The van der Waals surface area contributed by atoms with Crippen LogP contribution in [0.2, 0.25) is 4.34 Å². The SMILES string of the molecule is COc1ccccc1[C@H](C)NC1CCCc2sc(Cl)cc21. The van der Waals surface area contributed by atoms with Crippen molar-refractivity contribution in [3.8, 4) is 5.75 Å². The summed E-state index contributed by atoms with van der Waals surface area (Å²) < 4.78 is 6.37. The Hall–Kier alpha value is -1.03. The number of ether oxygens (including phenoxy) is 1. The van der Waals surface area contributed by atoms with Gasteiger partial charge >= 0.3 is 0 Å². The zero-order chi connectivity index (χ0) is 14.8. The van der Waals surface area contributed by atoms with Crippen LogP contribution in [-0.2, 0) is 6.42 Å². The summed E-state index contributed by atoms with van der Waals surface area (Å²) in [5.74, 6) is 0.942. The Labute approximate surface area is 135 Å². The molecule has 0 spiro atoms. The molecule has 4 heteroatoms. The van der Waals surface area contributed by atoms with Crippen molar-refractivity contribution in [1.29, 1.82) is 0 Å². The van der Waals surface area contributed by atoms with Crippen LogP contribution in [0.15, 0.2) is 30.3 Å². The van der Waals surface area contributed by atoms with Crippen molar-refractivity contribution in [3.05, 3.63) is 50.7 Å². The Morgan fingerprint density at radius 1 is 1.38 bits per heavy atom. The molecule has 0 amide bonds. The fourth-order valence-electron chi connectivity index (χ4n) is 3.11. The van der Waals surface area contributed by atoms with E-state index in [0.29, 0.717) is 6.04 Å². The first-order valence-corrected chi connectivity index (χ1v) is 8.55. The maximum atomic E-state index is 6.19. The minimum Gasteiger partial charge on any atom is -0.496 e. The van der Waals surface area contributed by atoms with E-state index in [-0.39, 0.29) is 6.04 Å². The first kappa shape index (κ1) is 14.9. The van der Waals surface area contributed by atoms with Crippen molar-refractivity contribution in [2.75, 3.05) is 7.11 Å². The van der Waals surface area contributed by atoms with E-state index in [0.717, 1.165) is 16.5 Å². The van der Waals surface area contributed by atoms with Gasteiger partial charge in [-0.1, -0.05) is 29.8 Å². The summed E-state index contributed by atoms with van der Waals surface area (Å²) in [5.41, 5.74) is 2.59. The fraction of sp³-hybridized carbons (Fsp3) is 0.412. The molecule has 0 radical (unpaired) electrons. The number of halogens is 1. The van der Waals surface area contributed by atoms with Crippen LogP contribution in [-0.4, -0.2) is 7.11 Å². The summed E-state index contributed by atoms with van der Waals surface area (Å²) in [6.07, 6.45) is 3.55. The molecule has 1 heterocycles. The quantitative estimate of drug-likeness (QED) is 0.842. The van der Waals surface area contributed by atoms with Crippen molar-refractivity contribution in [1.82, 2.24) is 5.32 Å². The molecule has 2 atom stereocenters. The van der Waals surface area contributed by atoms with Gasteiger partial charge in [-0.2, -0.15) is 0 Å². The van der Waals surface area contributed by atoms with Gasteiger partial charge < -0.3 is 10.1 Å². The molecular formula is C17H20ClNOS. The molecule has 1 unspecified atom stereocenters. The van der Waals surface area contributed by atoms with Crippen LogP contribution in [0.5, 0.6) is 5.75 Å². The molecule has 1 N–H and O–H groups in total. The van der Waals surface area contributed by atoms with E-state index in [4.69, 9.17) is 16.3 Å². The molecule has 2 aromatic rings. The number of benzene rings is 1. The van der Waals surface area contributed by atoms with Crippen molar-refractivity contribution >= 4 is 22.9 Å². The molecule has 1 aliphatic carbocycles. The summed E-state index contributed by atoms with van der Waals surface area (Å²) in [7, 11) is 1.73. The zero-order valence-electron chi connectivity index (χ0n) is 12.4.